The molecule has 2 aromatic heterocycles. The van der Waals surface area contributed by atoms with Crippen molar-refractivity contribution in [2.45, 2.75) is 51.1 Å². The Balaban J connectivity index is 0.00000272. The number of piperidine rings is 1. The van der Waals surface area contributed by atoms with Crippen LogP contribution in [0.2, 0.25) is 0 Å². The van der Waals surface area contributed by atoms with Gasteiger partial charge < -0.3 is 20.4 Å². The minimum Gasteiger partial charge on any atom is -0.363 e. The first-order valence-electron chi connectivity index (χ1n) is 11.3. The van der Waals surface area contributed by atoms with Crippen molar-refractivity contribution in [1.82, 2.24) is 15.6 Å². The number of hydrogen-bond acceptors (Lipinski definition) is 5. The van der Waals surface area contributed by atoms with Gasteiger partial charge in [-0.05, 0) is 54.8 Å². The number of anilines is 2. The van der Waals surface area contributed by atoms with Crippen LogP contribution in [-0.2, 0) is 6.54 Å². The molecule has 2 aromatic rings. The molecular weight excluding hydrogens is 519 g/mol. The van der Waals surface area contributed by atoms with Crippen LogP contribution >= 0.6 is 35.3 Å². The summed E-state index contributed by atoms with van der Waals surface area (Å²) in [7, 11) is 1.84. The van der Waals surface area contributed by atoms with Gasteiger partial charge >= 0.3 is 0 Å². The normalized spacial score (nSPS) is 18.3. The minimum absolute atomic E-state index is 0. The van der Waals surface area contributed by atoms with Crippen molar-refractivity contribution in [3.05, 3.63) is 41.4 Å². The lowest BCUT2D eigenvalue weighted by Crippen LogP contribution is -2.48. The number of aromatic nitrogens is 1. The largest absolute Gasteiger partial charge is 0.363 e. The highest BCUT2D eigenvalue weighted by molar-refractivity contribution is 14.0. The number of nitrogens with one attached hydrogen (secondary N) is 2. The van der Waals surface area contributed by atoms with E-state index in [-0.39, 0.29) is 24.0 Å². The van der Waals surface area contributed by atoms with E-state index in [9.17, 15) is 0 Å². The number of nitrogens with zero attached hydrogens (tertiary/aromatic N) is 4. The molecule has 0 radical (unpaired) electrons. The second kappa shape index (κ2) is 12.5. The lowest BCUT2D eigenvalue weighted by atomic mass is 10.1. The van der Waals surface area contributed by atoms with Crippen molar-refractivity contribution in [3.8, 4) is 0 Å². The van der Waals surface area contributed by atoms with Gasteiger partial charge in [0, 0.05) is 52.0 Å². The fraction of sp³-hybridized carbons (Fsp3) is 0.565. The van der Waals surface area contributed by atoms with Crippen LogP contribution in [-0.4, -0.2) is 50.2 Å². The first kappa shape index (κ1) is 24.1. The molecule has 2 fully saturated rings. The third kappa shape index (κ3) is 6.97. The Morgan fingerprint density at radius 3 is 2.45 bits per heavy atom. The van der Waals surface area contributed by atoms with Crippen LogP contribution in [0.25, 0.3) is 0 Å². The lowest BCUT2D eigenvalue weighted by molar-refractivity contribution is 0.463. The summed E-state index contributed by atoms with van der Waals surface area (Å²) in [4.78, 5) is 14.0. The number of hydrogen-bond donors (Lipinski definition) is 2. The van der Waals surface area contributed by atoms with Crippen molar-refractivity contribution >= 4 is 52.1 Å². The SMILES string of the molecule is CN=C(NCc1ccc(N2CCCCCC2)nc1)NC1CCN(c2cccs2)CC1.I. The number of aliphatic imine (C=N–C) groups is 1. The average Bonchev–Trinajstić information content (AvgIpc) is 3.20. The summed E-state index contributed by atoms with van der Waals surface area (Å²) in [6, 6.07) is 9.17. The quantitative estimate of drug-likeness (QED) is 0.325. The van der Waals surface area contributed by atoms with E-state index >= 15 is 0 Å². The standard InChI is InChI=1S/C23H34N6S.HI/c1-24-23(27-20-10-14-29(15-11-20)22-7-6-16-30-22)26-18-19-8-9-21(25-17-19)28-12-4-2-3-5-13-28;/h6-9,16-17,20H,2-5,10-15,18H2,1H3,(H2,24,26,27);1H. The number of halogens is 1. The van der Waals surface area contributed by atoms with E-state index in [4.69, 9.17) is 4.98 Å². The van der Waals surface area contributed by atoms with Crippen LogP contribution < -0.4 is 20.4 Å². The second-order valence-electron chi connectivity index (χ2n) is 8.21. The van der Waals surface area contributed by atoms with Gasteiger partial charge in [-0.3, -0.25) is 4.99 Å². The zero-order valence-corrected chi connectivity index (χ0v) is 21.6. The molecule has 0 spiro atoms. The van der Waals surface area contributed by atoms with Gasteiger partial charge in [0.1, 0.15) is 5.82 Å². The number of rotatable bonds is 5. The third-order valence-corrected chi connectivity index (χ3v) is 7.01. The molecule has 0 aromatic carbocycles. The molecule has 31 heavy (non-hydrogen) atoms. The molecule has 4 heterocycles. The van der Waals surface area contributed by atoms with E-state index in [1.807, 2.05) is 24.6 Å². The van der Waals surface area contributed by atoms with Crippen molar-refractivity contribution in [1.29, 1.82) is 0 Å². The Morgan fingerprint density at radius 1 is 1.06 bits per heavy atom. The maximum absolute atomic E-state index is 4.72. The molecule has 2 aliphatic heterocycles. The average molecular weight is 555 g/mol. The molecular formula is C23H35IN6S. The molecule has 0 amide bonds. The number of guanidine groups is 1. The monoisotopic (exact) mass is 554 g/mol. The van der Waals surface area contributed by atoms with Gasteiger partial charge in [0.15, 0.2) is 5.96 Å². The Morgan fingerprint density at radius 2 is 1.84 bits per heavy atom. The van der Waals surface area contributed by atoms with E-state index in [0.29, 0.717) is 6.04 Å². The van der Waals surface area contributed by atoms with Gasteiger partial charge in [0.25, 0.3) is 0 Å². The van der Waals surface area contributed by atoms with Crippen LogP contribution in [0.1, 0.15) is 44.1 Å². The molecule has 170 valence electrons. The topological polar surface area (TPSA) is 55.8 Å². The number of pyridine rings is 1. The van der Waals surface area contributed by atoms with E-state index < -0.39 is 0 Å². The van der Waals surface area contributed by atoms with Crippen molar-refractivity contribution in [2.24, 2.45) is 4.99 Å². The molecule has 2 saturated heterocycles. The van der Waals surface area contributed by atoms with Crippen molar-refractivity contribution in [2.75, 3.05) is 43.0 Å². The van der Waals surface area contributed by atoms with E-state index in [0.717, 1.165) is 57.3 Å². The van der Waals surface area contributed by atoms with Crippen LogP contribution in [0.3, 0.4) is 0 Å². The Bertz CT molecular complexity index is 779. The molecule has 0 saturated carbocycles. The fourth-order valence-corrected chi connectivity index (χ4v) is 5.06. The maximum atomic E-state index is 4.72. The Kier molecular flexibility index (Phi) is 9.70. The summed E-state index contributed by atoms with van der Waals surface area (Å²) in [6.07, 6.45) is 9.50. The zero-order valence-electron chi connectivity index (χ0n) is 18.4. The predicted molar refractivity (Wildman–Crippen MR) is 143 cm³/mol. The Labute approximate surface area is 207 Å². The summed E-state index contributed by atoms with van der Waals surface area (Å²) >= 11 is 1.83. The van der Waals surface area contributed by atoms with Gasteiger partial charge in [-0.15, -0.1) is 35.3 Å². The van der Waals surface area contributed by atoms with Gasteiger partial charge in [0.2, 0.25) is 0 Å². The highest BCUT2D eigenvalue weighted by Gasteiger charge is 2.20. The van der Waals surface area contributed by atoms with E-state index in [1.165, 1.54) is 36.2 Å². The summed E-state index contributed by atoms with van der Waals surface area (Å²) in [5, 5.41) is 10.6. The molecule has 0 atom stereocenters. The van der Waals surface area contributed by atoms with E-state index in [2.05, 4.69) is 55.1 Å². The summed E-state index contributed by atoms with van der Waals surface area (Å²) in [6.45, 7) is 5.19. The van der Waals surface area contributed by atoms with Gasteiger partial charge in [-0.25, -0.2) is 4.98 Å². The van der Waals surface area contributed by atoms with Crippen LogP contribution in [0, 0.1) is 0 Å². The zero-order chi connectivity index (χ0) is 20.6. The molecule has 4 rings (SSSR count). The second-order valence-corrected chi connectivity index (χ2v) is 9.13. The van der Waals surface area contributed by atoms with Crippen LogP contribution in [0.15, 0.2) is 40.8 Å². The summed E-state index contributed by atoms with van der Waals surface area (Å²) in [5.41, 5.74) is 1.18. The molecule has 6 nitrogen and oxygen atoms in total. The first-order chi connectivity index (χ1) is 14.8. The highest BCUT2D eigenvalue weighted by Crippen LogP contribution is 2.24. The fourth-order valence-electron chi connectivity index (χ4n) is 4.28. The van der Waals surface area contributed by atoms with Crippen molar-refractivity contribution in [3.63, 3.8) is 0 Å². The van der Waals surface area contributed by atoms with Gasteiger partial charge in [-0.2, -0.15) is 0 Å². The Hall–Kier alpha value is -1.55. The minimum atomic E-state index is 0. The van der Waals surface area contributed by atoms with E-state index in [1.54, 1.807) is 0 Å². The molecule has 8 heteroatoms. The molecule has 2 N–H and O–H groups in total. The highest BCUT2D eigenvalue weighted by atomic mass is 127. The maximum Gasteiger partial charge on any atom is 0.191 e. The molecule has 2 aliphatic rings. The lowest BCUT2D eigenvalue weighted by Gasteiger charge is -2.33. The van der Waals surface area contributed by atoms with Crippen LogP contribution in [0.5, 0.6) is 0 Å². The molecule has 0 unspecified atom stereocenters. The first-order valence-corrected chi connectivity index (χ1v) is 12.2. The van der Waals surface area contributed by atoms with Crippen LogP contribution in [0.4, 0.5) is 10.8 Å². The molecule has 0 bridgehead atoms. The van der Waals surface area contributed by atoms with Gasteiger partial charge in [0.05, 0.1) is 5.00 Å². The third-order valence-electron chi connectivity index (χ3n) is 6.08. The summed E-state index contributed by atoms with van der Waals surface area (Å²) in [5.74, 6) is 1.99. The van der Waals surface area contributed by atoms with Gasteiger partial charge in [-0.1, -0.05) is 18.9 Å². The predicted octanol–water partition coefficient (Wildman–Crippen LogP) is 4.48. The smallest absolute Gasteiger partial charge is 0.191 e. The molecule has 0 aliphatic carbocycles. The van der Waals surface area contributed by atoms with Crippen molar-refractivity contribution < 1.29 is 0 Å². The number of thiophene rings is 1. The summed E-state index contributed by atoms with van der Waals surface area (Å²) < 4.78 is 0.